The Labute approximate surface area is 115 Å². The van der Waals surface area contributed by atoms with Crippen molar-refractivity contribution in [2.75, 3.05) is 18.4 Å². The molecular formula is C14H15F2N3O. The molecule has 0 atom stereocenters. The van der Waals surface area contributed by atoms with Crippen LogP contribution in [0.15, 0.2) is 42.5 Å². The molecule has 20 heavy (non-hydrogen) atoms. The minimum Gasteiger partial charge on any atom is -0.332 e. The first-order chi connectivity index (χ1) is 9.52. The van der Waals surface area contributed by atoms with Gasteiger partial charge in [0.2, 0.25) is 0 Å². The number of alkyl halides is 2. The van der Waals surface area contributed by atoms with Gasteiger partial charge < -0.3 is 16.4 Å². The van der Waals surface area contributed by atoms with E-state index in [1.807, 2.05) is 30.3 Å². The maximum Gasteiger partial charge on any atom is 0.319 e. The van der Waals surface area contributed by atoms with Crippen LogP contribution in [0.4, 0.5) is 19.3 Å². The minimum atomic E-state index is -3.10. The summed E-state index contributed by atoms with van der Waals surface area (Å²) in [4.78, 5) is 11.6. The van der Waals surface area contributed by atoms with Crippen molar-refractivity contribution in [1.82, 2.24) is 5.32 Å². The molecule has 106 valence electrons. The third-order valence-corrected chi connectivity index (χ3v) is 2.84. The van der Waals surface area contributed by atoms with E-state index in [0.29, 0.717) is 5.69 Å². The Morgan fingerprint density at radius 3 is 2.60 bits per heavy atom. The highest BCUT2D eigenvalue weighted by Crippen LogP contribution is 2.22. The average Bonchev–Trinajstić information content (AvgIpc) is 2.46. The molecule has 0 aliphatic rings. The third-order valence-electron chi connectivity index (χ3n) is 2.84. The molecule has 0 aliphatic carbocycles. The van der Waals surface area contributed by atoms with Crippen molar-refractivity contribution in [2.24, 2.45) is 5.73 Å². The van der Waals surface area contributed by atoms with Crippen molar-refractivity contribution in [1.29, 1.82) is 0 Å². The summed E-state index contributed by atoms with van der Waals surface area (Å²) in [5.74, 6) is -3.10. The van der Waals surface area contributed by atoms with Crippen LogP contribution in [0, 0.1) is 0 Å². The van der Waals surface area contributed by atoms with E-state index in [4.69, 9.17) is 5.73 Å². The van der Waals surface area contributed by atoms with Gasteiger partial charge in [0.05, 0.1) is 18.8 Å². The van der Waals surface area contributed by atoms with Crippen LogP contribution >= 0.6 is 0 Å². The number of benzene rings is 2. The molecule has 0 aromatic heterocycles. The highest BCUT2D eigenvalue weighted by molar-refractivity contribution is 6.01. The second-order valence-electron chi connectivity index (χ2n) is 4.39. The molecule has 0 saturated heterocycles. The van der Waals surface area contributed by atoms with E-state index in [1.165, 1.54) is 0 Å². The summed E-state index contributed by atoms with van der Waals surface area (Å²) >= 11 is 0. The number of halogens is 2. The predicted molar refractivity (Wildman–Crippen MR) is 75.0 cm³/mol. The number of urea groups is 1. The van der Waals surface area contributed by atoms with Gasteiger partial charge in [-0.3, -0.25) is 0 Å². The molecule has 0 fully saturated rings. The number of hydrogen-bond acceptors (Lipinski definition) is 2. The molecule has 2 aromatic carbocycles. The van der Waals surface area contributed by atoms with E-state index >= 15 is 0 Å². The Bertz CT molecular complexity index is 611. The van der Waals surface area contributed by atoms with Crippen molar-refractivity contribution < 1.29 is 13.6 Å². The van der Waals surface area contributed by atoms with E-state index in [1.54, 1.807) is 12.1 Å². The lowest BCUT2D eigenvalue weighted by molar-refractivity contribution is 0.0148. The van der Waals surface area contributed by atoms with Gasteiger partial charge in [-0.05, 0) is 11.5 Å². The van der Waals surface area contributed by atoms with Crippen LogP contribution in [0.3, 0.4) is 0 Å². The van der Waals surface area contributed by atoms with Gasteiger partial charge in [0.1, 0.15) is 0 Å². The highest BCUT2D eigenvalue weighted by Gasteiger charge is 2.27. The van der Waals surface area contributed by atoms with Gasteiger partial charge in [-0.15, -0.1) is 0 Å². The number of nitrogens with one attached hydrogen (secondary N) is 2. The molecule has 0 bridgehead atoms. The Hall–Kier alpha value is -2.21. The number of hydrogen-bond donors (Lipinski definition) is 3. The quantitative estimate of drug-likeness (QED) is 0.805. The van der Waals surface area contributed by atoms with Crippen molar-refractivity contribution >= 4 is 22.5 Å². The fourth-order valence-electron chi connectivity index (χ4n) is 1.78. The van der Waals surface area contributed by atoms with Crippen molar-refractivity contribution in [3.8, 4) is 0 Å². The van der Waals surface area contributed by atoms with Crippen molar-refractivity contribution in [3.05, 3.63) is 42.5 Å². The van der Waals surface area contributed by atoms with Crippen molar-refractivity contribution in [3.63, 3.8) is 0 Å². The summed E-state index contributed by atoms with van der Waals surface area (Å²) in [5, 5.41) is 6.46. The standard InChI is InChI=1S/C14H15F2N3O/c15-14(16,8-17)9-18-13(20)19-12-7-3-5-10-4-1-2-6-11(10)12/h1-7H,8-9,17H2,(H2,18,19,20). The van der Waals surface area contributed by atoms with Gasteiger partial charge in [-0.2, -0.15) is 0 Å². The van der Waals surface area contributed by atoms with Gasteiger partial charge in [0, 0.05) is 5.39 Å². The monoisotopic (exact) mass is 279 g/mol. The van der Waals surface area contributed by atoms with Crippen LogP contribution in [0.2, 0.25) is 0 Å². The molecule has 4 N–H and O–H groups in total. The second kappa shape index (κ2) is 5.83. The first-order valence-electron chi connectivity index (χ1n) is 6.12. The third kappa shape index (κ3) is 3.42. The van der Waals surface area contributed by atoms with Gasteiger partial charge in [0.25, 0.3) is 5.92 Å². The highest BCUT2D eigenvalue weighted by atomic mass is 19.3. The maximum absolute atomic E-state index is 12.9. The van der Waals surface area contributed by atoms with E-state index in [0.717, 1.165) is 10.8 Å². The molecule has 0 unspecified atom stereocenters. The first-order valence-corrected chi connectivity index (χ1v) is 6.12. The number of nitrogens with two attached hydrogens (primary N) is 1. The maximum atomic E-state index is 12.9. The summed E-state index contributed by atoms with van der Waals surface area (Å²) < 4.78 is 25.9. The number of rotatable bonds is 4. The van der Waals surface area contributed by atoms with Gasteiger partial charge in [0.15, 0.2) is 0 Å². The molecule has 6 heteroatoms. The molecule has 4 nitrogen and oxygen atoms in total. The van der Waals surface area contributed by atoms with Crippen LogP contribution in [0.25, 0.3) is 10.8 Å². The molecular weight excluding hydrogens is 264 g/mol. The Morgan fingerprint density at radius 2 is 1.85 bits per heavy atom. The van der Waals surface area contributed by atoms with Crippen LogP contribution in [0.5, 0.6) is 0 Å². The summed E-state index contributed by atoms with van der Waals surface area (Å²) in [6.45, 7) is -1.60. The Balaban J connectivity index is 2.07. The van der Waals surface area contributed by atoms with Crippen LogP contribution < -0.4 is 16.4 Å². The summed E-state index contributed by atoms with van der Waals surface area (Å²) in [6.07, 6.45) is 0. The van der Waals surface area contributed by atoms with Crippen LogP contribution in [-0.4, -0.2) is 25.0 Å². The number of carbonyl (C=O) groups excluding carboxylic acids is 1. The van der Waals surface area contributed by atoms with Gasteiger partial charge in [-0.25, -0.2) is 13.6 Å². The van der Waals surface area contributed by atoms with E-state index < -0.39 is 25.0 Å². The fraction of sp³-hybridized carbons (Fsp3) is 0.214. The molecule has 0 spiro atoms. The van der Waals surface area contributed by atoms with Gasteiger partial charge >= 0.3 is 6.03 Å². The topological polar surface area (TPSA) is 67.1 Å². The lowest BCUT2D eigenvalue weighted by atomic mass is 10.1. The molecule has 0 saturated carbocycles. The zero-order chi connectivity index (χ0) is 14.6. The number of anilines is 1. The zero-order valence-electron chi connectivity index (χ0n) is 10.7. The summed E-state index contributed by atoms with van der Waals surface area (Å²) in [5.41, 5.74) is 5.46. The van der Waals surface area contributed by atoms with Gasteiger partial charge in [-0.1, -0.05) is 36.4 Å². The van der Waals surface area contributed by atoms with Crippen LogP contribution in [-0.2, 0) is 0 Å². The fourth-order valence-corrected chi connectivity index (χ4v) is 1.78. The molecule has 2 aromatic rings. The smallest absolute Gasteiger partial charge is 0.319 e. The Morgan fingerprint density at radius 1 is 1.15 bits per heavy atom. The molecule has 0 radical (unpaired) electrons. The molecule has 0 heterocycles. The number of fused-ring (bicyclic) bond motifs is 1. The first kappa shape index (κ1) is 14.2. The molecule has 0 aliphatic heterocycles. The molecule has 2 rings (SSSR count). The summed E-state index contributed by atoms with van der Waals surface area (Å²) in [7, 11) is 0. The van der Waals surface area contributed by atoms with Crippen LogP contribution in [0.1, 0.15) is 0 Å². The normalized spacial score (nSPS) is 11.3. The predicted octanol–water partition coefficient (Wildman–Crippen LogP) is 2.56. The van der Waals surface area contributed by atoms with E-state index in [-0.39, 0.29) is 0 Å². The second-order valence-corrected chi connectivity index (χ2v) is 4.39. The lowest BCUT2D eigenvalue weighted by Crippen LogP contribution is -2.43. The number of carbonyl (C=O) groups is 1. The number of amides is 2. The lowest BCUT2D eigenvalue weighted by Gasteiger charge is -2.15. The summed E-state index contributed by atoms with van der Waals surface area (Å²) in [6, 6.07) is 12.2. The average molecular weight is 279 g/mol. The van der Waals surface area contributed by atoms with E-state index in [9.17, 15) is 13.6 Å². The van der Waals surface area contributed by atoms with Crippen molar-refractivity contribution in [2.45, 2.75) is 5.92 Å². The minimum absolute atomic E-state index is 0.566. The van der Waals surface area contributed by atoms with E-state index in [2.05, 4.69) is 10.6 Å². The largest absolute Gasteiger partial charge is 0.332 e. The molecule has 2 amide bonds. The SMILES string of the molecule is NCC(F)(F)CNC(=O)Nc1cccc2ccccc12. The Kier molecular flexibility index (Phi) is 4.14. The zero-order valence-corrected chi connectivity index (χ0v) is 10.7.